The molecule has 0 radical (unpaired) electrons. The molecule has 0 saturated carbocycles. The zero-order chi connectivity index (χ0) is 23.4. The van der Waals surface area contributed by atoms with E-state index in [0.717, 1.165) is 11.1 Å². The Kier molecular flexibility index (Phi) is 6.66. The van der Waals surface area contributed by atoms with Crippen LogP contribution in [0.1, 0.15) is 61.6 Å². The first-order valence-electron chi connectivity index (χ1n) is 11.0. The van der Waals surface area contributed by atoms with Gasteiger partial charge in [-0.25, -0.2) is 4.90 Å². The zero-order valence-corrected chi connectivity index (χ0v) is 18.7. The number of anilines is 1. The predicted molar refractivity (Wildman–Crippen MR) is 127 cm³/mol. The number of imide groups is 1. The highest BCUT2D eigenvalue weighted by molar-refractivity contribution is 6.35. The van der Waals surface area contributed by atoms with Crippen LogP contribution >= 0.6 is 0 Å². The number of rotatable bonds is 8. The normalized spacial score (nSPS) is 13.7. The van der Waals surface area contributed by atoms with Crippen molar-refractivity contribution in [3.8, 4) is 0 Å². The maximum Gasteiger partial charge on any atom is 0.266 e. The van der Waals surface area contributed by atoms with Gasteiger partial charge in [0.15, 0.2) is 0 Å². The molecule has 0 spiro atoms. The molecule has 33 heavy (non-hydrogen) atoms. The van der Waals surface area contributed by atoms with Crippen LogP contribution in [0.3, 0.4) is 0 Å². The summed E-state index contributed by atoms with van der Waals surface area (Å²) in [5.41, 5.74) is 3.39. The molecule has 6 nitrogen and oxygen atoms in total. The third kappa shape index (κ3) is 4.71. The van der Waals surface area contributed by atoms with Crippen molar-refractivity contribution in [3.05, 3.63) is 101 Å². The number of carbonyl (C=O) groups is 3. The summed E-state index contributed by atoms with van der Waals surface area (Å²) in [7, 11) is 0. The smallest absolute Gasteiger partial charge is 0.266 e. The average molecular weight is 443 g/mol. The van der Waals surface area contributed by atoms with Gasteiger partial charge in [-0.05, 0) is 55.7 Å². The highest BCUT2D eigenvalue weighted by Crippen LogP contribution is 2.31. The quantitative estimate of drug-likeness (QED) is 0.406. The number of aryl methyl sites for hydroxylation is 1. The fourth-order valence-electron chi connectivity index (χ4n) is 3.87. The number of nitrogens with zero attached hydrogens (tertiary/aromatic N) is 1. The molecule has 1 aliphatic heterocycles. The number of ether oxygens (including phenoxy) is 1. The third-order valence-electron chi connectivity index (χ3n) is 5.75. The van der Waals surface area contributed by atoms with Crippen molar-refractivity contribution in [2.24, 2.45) is 0 Å². The SMILES string of the molecule is Cc1ccccc1N1C(=O)c2ccc(C(=O)NCCCOC(C)c3ccccc3)cc2C1=O. The van der Waals surface area contributed by atoms with Gasteiger partial charge in [0.2, 0.25) is 0 Å². The summed E-state index contributed by atoms with van der Waals surface area (Å²) in [5, 5.41) is 2.85. The number of carbonyl (C=O) groups excluding carboxylic acids is 3. The fraction of sp³-hybridized carbons (Fsp3) is 0.222. The summed E-state index contributed by atoms with van der Waals surface area (Å²) < 4.78 is 5.83. The van der Waals surface area contributed by atoms with E-state index in [4.69, 9.17) is 4.74 Å². The van der Waals surface area contributed by atoms with E-state index in [2.05, 4.69) is 5.32 Å². The second-order valence-corrected chi connectivity index (χ2v) is 8.03. The van der Waals surface area contributed by atoms with Crippen LogP contribution in [-0.4, -0.2) is 30.9 Å². The number of hydrogen-bond donors (Lipinski definition) is 1. The molecule has 0 bridgehead atoms. The number of fused-ring (bicyclic) bond motifs is 1. The van der Waals surface area contributed by atoms with Crippen LogP contribution in [0.5, 0.6) is 0 Å². The van der Waals surface area contributed by atoms with Gasteiger partial charge in [0.25, 0.3) is 17.7 Å². The van der Waals surface area contributed by atoms with Crippen molar-refractivity contribution < 1.29 is 19.1 Å². The van der Waals surface area contributed by atoms with Crippen LogP contribution in [0, 0.1) is 6.92 Å². The molecule has 6 heteroatoms. The standard InChI is InChI=1S/C27H26N2O4/c1-18-9-6-7-12-24(18)29-26(31)22-14-13-21(17-23(22)27(29)32)25(30)28-15-8-16-33-19(2)20-10-4-3-5-11-20/h3-7,9-14,17,19H,8,15-16H2,1-2H3,(H,28,30). The molecule has 3 amide bonds. The number of hydrogen-bond acceptors (Lipinski definition) is 4. The van der Waals surface area contributed by atoms with Crippen LogP contribution in [-0.2, 0) is 4.74 Å². The first kappa shape index (κ1) is 22.4. The van der Waals surface area contributed by atoms with Crippen LogP contribution in [0.4, 0.5) is 5.69 Å². The zero-order valence-electron chi connectivity index (χ0n) is 18.7. The topological polar surface area (TPSA) is 75.7 Å². The van der Waals surface area contributed by atoms with Gasteiger partial charge in [-0.3, -0.25) is 14.4 Å². The monoisotopic (exact) mass is 442 g/mol. The summed E-state index contributed by atoms with van der Waals surface area (Å²) in [6, 6.07) is 21.8. The predicted octanol–water partition coefficient (Wildman–Crippen LogP) is 4.69. The van der Waals surface area contributed by atoms with E-state index in [0.29, 0.717) is 36.4 Å². The third-order valence-corrected chi connectivity index (χ3v) is 5.75. The van der Waals surface area contributed by atoms with Gasteiger partial charge in [-0.1, -0.05) is 48.5 Å². The van der Waals surface area contributed by atoms with E-state index < -0.39 is 5.91 Å². The second kappa shape index (κ2) is 9.79. The van der Waals surface area contributed by atoms with E-state index in [1.54, 1.807) is 24.3 Å². The molecule has 1 heterocycles. The van der Waals surface area contributed by atoms with E-state index in [9.17, 15) is 14.4 Å². The molecule has 168 valence electrons. The molecular formula is C27H26N2O4. The Morgan fingerprint density at radius 1 is 0.939 bits per heavy atom. The van der Waals surface area contributed by atoms with E-state index in [1.165, 1.54) is 11.0 Å². The summed E-state index contributed by atoms with van der Waals surface area (Å²) in [6.07, 6.45) is 0.644. The maximum atomic E-state index is 13.0. The minimum absolute atomic E-state index is 0.0154. The number of benzene rings is 3. The number of para-hydroxylation sites is 1. The summed E-state index contributed by atoms with van der Waals surface area (Å²) >= 11 is 0. The van der Waals surface area contributed by atoms with E-state index in [1.807, 2.05) is 56.3 Å². The second-order valence-electron chi connectivity index (χ2n) is 8.03. The van der Waals surface area contributed by atoms with Crippen molar-refractivity contribution in [1.29, 1.82) is 0 Å². The van der Waals surface area contributed by atoms with Crippen LogP contribution in [0.25, 0.3) is 0 Å². The van der Waals surface area contributed by atoms with Gasteiger partial charge in [0.1, 0.15) is 0 Å². The number of amides is 3. The van der Waals surface area contributed by atoms with Gasteiger partial charge in [-0.2, -0.15) is 0 Å². The summed E-state index contributed by atoms with van der Waals surface area (Å²) in [6.45, 7) is 4.80. The van der Waals surface area contributed by atoms with Crippen molar-refractivity contribution in [3.63, 3.8) is 0 Å². The Morgan fingerprint density at radius 3 is 2.39 bits per heavy atom. The molecule has 3 aromatic rings. The molecule has 0 saturated heterocycles. The van der Waals surface area contributed by atoms with Gasteiger partial charge in [0.05, 0.1) is 22.9 Å². The molecule has 0 aromatic heterocycles. The van der Waals surface area contributed by atoms with Crippen molar-refractivity contribution in [2.45, 2.75) is 26.4 Å². The van der Waals surface area contributed by atoms with Gasteiger partial charge < -0.3 is 10.1 Å². The first-order valence-corrected chi connectivity index (χ1v) is 11.0. The van der Waals surface area contributed by atoms with Crippen molar-refractivity contribution >= 4 is 23.4 Å². The molecule has 0 aliphatic carbocycles. The molecule has 1 unspecified atom stereocenters. The van der Waals surface area contributed by atoms with E-state index in [-0.39, 0.29) is 23.5 Å². The minimum Gasteiger partial charge on any atom is -0.374 e. The van der Waals surface area contributed by atoms with E-state index >= 15 is 0 Å². The van der Waals surface area contributed by atoms with Gasteiger partial charge >= 0.3 is 0 Å². The maximum absolute atomic E-state index is 13.0. The van der Waals surface area contributed by atoms with Crippen molar-refractivity contribution in [1.82, 2.24) is 5.32 Å². The fourth-order valence-corrected chi connectivity index (χ4v) is 3.87. The Labute approximate surface area is 193 Å². The van der Waals surface area contributed by atoms with Gasteiger partial charge in [-0.15, -0.1) is 0 Å². The molecule has 4 rings (SSSR count). The minimum atomic E-state index is -0.415. The lowest BCUT2D eigenvalue weighted by Crippen LogP contribution is -2.30. The largest absolute Gasteiger partial charge is 0.374 e. The highest BCUT2D eigenvalue weighted by Gasteiger charge is 2.37. The Hall–Kier alpha value is -3.77. The molecule has 3 aromatic carbocycles. The Bertz CT molecular complexity index is 1190. The first-order chi connectivity index (χ1) is 16.0. The van der Waals surface area contributed by atoms with Crippen LogP contribution < -0.4 is 10.2 Å². The van der Waals surface area contributed by atoms with Gasteiger partial charge in [0, 0.05) is 18.7 Å². The number of nitrogens with one attached hydrogen (secondary N) is 1. The Morgan fingerprint density at radius 2 is 1.64 bits per heavy atom. The Balaban J connectivity index is 1.34. The lowest BCUT2D eigenvalue weighted by atomic mass is 10.1. The molecule has 1 atom stereocenters. The molecule has 0 fully saturated rings. The molecule has 1 N–H and O–H groups in total. The summed E-state index contributed by atoms with van der Waals surface area (Å²) in [5.74, 6) is -1.08. The lowest BCUT2D eigenvalue weighted by Gasteiger charge is -2.16. The van der Waals surface area contributed by atoms with Crippen molar-refractivity contribution in [2.75, 3.05) is 18.1 Å². The average Bonchev–Trinajstić information content (AvgIpc) is 3.09. The molecule has 1 aliphatic rings. The van der Waals surface area contributed by atoms with Crippen LogP contribution in [0.15, 0.2) is 72.8 Å². The highest BCUT2D eigenvalue weighted by atomic mass is 16.5. The lowest BCUT2D eigenvalue weighted by molar-refractivity contribution is 0.0635. The summed E-state index contributed by atoms with van der Waals surface area (Å²) in [4.78, 5) is 39.6. The van der Waals surface area contributed by atoms with Crippen LogP contribution in [0.2, 0.25) is 0 Å². The molecular weight excluding hydrogens is 416 g/mol.